The van der Waals surface area contributed by atoms with Gasteiger partial charge < -0.3 is 4.74 Å². The van der Waals surface area contributed by atoms with E-state index in [-0.39, 0.29) is 11.3 Å². The second-order valence-electron chi connectivity index (χ2n) is 3.86. The van der Waals surface area contributed by atoms with Crippen LogP contribution >= 0.6 is 0 Å². The molecule has 1 aromatic carbocycles. The lowest BCUT2D eigenvalue weighted by Gasteiger charge is -2.21. The number of hydrogen-bond acceptors (Lipinski definition) is 1. The molecule has 1 rings (SSSR count). The lowest BCUT2D eigenvalue weighted by molar-refractivity contribution is -0.0516. The number of halogens is 3. The molecule has 0 saturated heterocycles. The van der Waals surface area contributed by atoms with Crippen molar-refractivity contribution in [1.82, 2.24) is 0 Å². The number of ether oxygens (including phenoxy) is 1. The molecule has 0 radical (unpaired) electrons. The minimum atomic E-state index is -3.02. The molecule has 4 heteroatoms. The van der Waals surface area contributed by atoms with Gasteiger partial charge in [-0.15, -0.1) is 0 Å². The van der Waals surface area contributed by atoms with Gasteiger partial charge in [-0.05, 0) is 25.1 Å². The molecule has 0 aromatic heterocycles. The van der Waals surface area contributed by atoms with Gasteiger partial charge in [-0.1, -0.05) is 13.8 Å². The molecule has 0 fully saturated rings. The van der Waals surface area contributed by atoms with Crippen LogP contribution < -0.4 is 4.74 Å². The monoisotopic (exact) mass is 232 g/mol. The van der Waals surface area contributed by atoms with E-state index in [1.807, 2.05) is 0 Å². The highest BCUT2D eigenvalue weighted by molar-refractivity contribution is 5.31. The summed E-state index contributed by atoms with van der Waals surface area (Å²) < 4.78 is 45.5. The van der Waals surface area contributed by atoms with Crippen LogP contribution in [0.25, 0.3) is 0 Å². The zero-order chi connectivity index (χ0) is 12.3. The molecular weight excluding hydrogens is 217 g/mol. The van der Waals surface area contributed by atoms with Gasteiger partial charge in [0.1, 0.15) is 0 Å². The molecule has 16 heavy (non-hydrogen) atoms. The predicted octanol–water partition coefficient (Wildman–Crippen LogP) is 3.97. The third-order valence-corrected chi connectivity index (χ3v) is 2.34. The third-order valence-electron chi connectivity index (χ3n) is 2.34. The summed E-state index contributed by atoms with van der Waals surface area (Å²) in [7, 11) is 0. The van der Waals surface area contributed by atoms with Crippen LogP contribution in [0.4, 0.5) is 13.2 Å². The van der Waals surface area contributed by atoms with E-state index in [1.54, 1.807) is 6.92 Å². The van der Waals surface area contributed by atoms with Gasteiger partial charge in [0.25, 0.3) is 5.92 Å². The van der Waals surface area contributed by atoms with E-state index in [2.05, 4.69) is 0 Å². The van der Waals surface area contributed by atoms with Gasteiger partial charge in [0.05, 0.1) is 6.61 Å². The molecule has 0 aliphatic rings. The first-order chi connectivity index (χ1) is 7.39. The summed E-state index contributed by atoms with van der Waals surface area (Å²) in [5.41, 5.74) is -0.316. The Kier molecular flexibility index (Phi) is 3.83. The van der Waals surface area contributed by atoms with Crippen molar-refractivity contribution >= 4 is 0 Å². The fourth-order valence-corrected chi connectivity index (χ4v) is 1.31. The summed E-state index contributed by atoms with van der Waals surface area (Å²) in [6, 6.07) is 3.28. The lowest BCUT2D eigenvalue weighted by Crippen LogP contribution is -2.21. The molecular formula is C12H15F3O. The Labute approximate surface area is 93.2 Å². The molecule has 0 bridgehead atoms. The quantitative estimate of drug-likeness (QED) is 0.763. The van der Waals surface area contributed by atoms with Crippen LogP contribution in [0.5, 0.6) is 5.75 Å². The van der Waals surface area contributed by atoms with E-state index >= 15 is 0 Å². The topological polar surface area (TPSA) is 9.23 Å². The summed E-state index contributed by atoms with van der Waals surface area (Å²) in [6.07, 6.45) is 0. The summed E-state index contributed by atoms with van der Waals surface area (Å²) in [6.45, 7) is 4.80. The van der Waals surface area contributed by atoms with Crippen LogP contribution in [-0.2, 0) is 5.92 Å². The summed E-state index contributed by atoms with van der Waals surface area (Å²) >= 11 is 0. The van der Waals surface area contributed by atoms with Crippen LogP contribution in [-0.4, -0.2) is 6.61 Å². The van der Waals surface area contributed by atoms with Crippen molar-refractivity contribution in [3.8, 4) is 5.75 Å². The van der Waals surface area contributed by atoms with Gasteiger partial charge >= 0.3 is 0 Å². The lowest BCUT2D eigenvalue weighted by atomic mass is 9.98. The minimum absolute atomic E-state index is 0.00538. The van der Waals surface area contributed by atoms with E-state index in [0.717, 1.165) is 6.07 Å². The van der Waals surface area contributed by atoms with Gasteiger partial charge in [0.2, 0.25) is 0 Å². The molecule has 0 unspecified atom stereocenters. The van der Waals surface area contributed by atoms with Crippen LogP contribution in [0.15, 0.2) is 18.2 Å². The van der Waals surface area contributed by atoms with Gasteiger partial charge in [-0.3, -0.25) is 0 Å². The average Bonchev–Trinajstić information content (AvgIpc) is 2.21. The first kappa shape index (κ1) is 12.9. The van der Waals surface area contributed by atoms with Gasteiger partial charge in [0.15, 0.2) is 11.6 Å². The van der Waals surface area contributed by atoms with Gasteiger partial charge in [0, 0.05) is 11.5 Å². The van der Waals surface area contributed by atoms with Crippen molar-refractivity contribution in [2.75, 3.05) is 6.61 Å². The SMILES string of the molecule is CCOc1ccc(C(F)(F)C(C)C)cc1F. The van der Waals surface area contributed by atoms with Crippen LogP contribution in [0, 0.1) is 11.7 Å². The van der Waals surface area contributed by atoms with Crippen molar-refractivity contribution < 1.29 is 17.9 Å². The van der Waals surface area contributed by atoms with Crippen molar-refractivity contribution in [2.45, 2.75) is 26.7 Å². The molecule has 1 aromatic rings. The Morgan fingerprint density at radius 2 is 1.94 bits per heavy atom. The van der Waals surface area contributed by atoms with E-state index in [4.69, 9.17) is 4.74 Å². The number of benzene rings is 1. The van der Waals surface area contributed by atoms with E-state index in [9.17, 15) is 13.2 Å². The normalized spacial score (nSPS) is 11.9. The molecule has 90 valence electrons. The van der Waals surface area contributed by atoms with E-state index < -0.39 is 17.7 Å². The number of hydrogen-bond donors (Lipinski definition) is 0. The van der Waals surface area contributed by atoms with Crippen LogP contribution in [0.1, 0.15) is 26.3 Å². The standard InChI is InChI=1S/C12H15F3O/c1-4-16-11-6-5-9(7-10(11)13)12(14,15)8(2)3/h5-8H,4H2,1-3H3. The number of alkyl halides is 2. The van der Waals surface area contributed by atoms with Gasteiger partial charge in [-0.2, -0.15) is 0 Å². The highest BCUT2D eigenvalue weighted by atomic mass is 19.3. The molecule has 0 spiro atoms. The highest BCUT2D eigenvalue weighted by Crippen LogP contribution is 2.37. The second kappa shape index (κ2) is 4.76. The average molecular weight is 232 g/mol. The Hall–Kier alpha value is -1.19. The van der Waals surface area contributed by atoms with E-state index in [0.29, 0.717) is 6.61 Å². The Morgan fingerprint density at radius 3 is 2.38 bits per heavy atom. The molecule has 0 amide bonds. The Bertz CT molecular complexity index is 361. The van der Waals surface area contributed by atoms with Crippen LogP contribution in [0.3, 0.4) is 0 Å². The van der Waals surface area contributed by atoms with Crippen LogP contribution in [0.2, 0.25) is 0 Å². The highest BCUT2D eigenvalue weighted by Gasteiger charge is 2.36. The first-order valence-electron chi connectivity index (χ1n) is 5.20. The van der Waals surface area contributed by atoms with Crippen molar-refractivity contribution in [1.29, 1.82) is 0 Å². The molecule has 1 nitrogen and oxygen atoms in total. The molecule has 0 saturated carbocycles. The van der Waals surface area contributed by atoms with Crippen molar-refractivity contribution in [3.63, 3.8) is 0 Å². The molecule has 0 aliphatic carbocycles. The number of rotatable bonds is 4. The molecule has 0 atom stereocenters. The Morgan fingerprint density at radius 1 is 1.31 bits per heavy atom. The third kappa shape index (κ3) is 2.49. The smallest absolute Gasteiger partial charge is 0.275 e. The van der Waals surface area contributed by atoms with Crippen molar-refractivity contribution in [2.24, 2.45) is 5.92 Å². The predicted molar refractivity (Wildman–Crippen MR) is 56.3 cm³/mol. The fraction of sp³-hybridized carbons (Fsp3) is 0.500. The summed E-state index contributed by atoms with van der Waals surface area (Å²) in [5.74, 6) is -4.64. The molecule has 0 heterocycles. The van der Waals surface area contributed by atoms with E-state index in [1.165, 1.54) is 26.0 Å². The minimum Gasteiger partial charge on any atom is -0.491 e. The molecule has 0 aliphatic heterocycles. The summed E-state index contributed by atoms with van der Waals surface area (Å²) in [5, 5.41) is 0. The Balaban J connectivity index is 3.05. The summed E-state index contributed by atoms with van der Waals surface area (Å²) in [4.78, 5) is 0. The molecule has 0 N–H and O–H groups in total. The van der Waals surface area contributed by atoms with Crippen molar-refractivity contribution in [3.05, 3.63) is 29.6 Å². The fourth-order valence-electron chi connectivity index (χ4n) is 1.31. The zero-order valence-electron chi connectivity index (χ0n) is 9.56. The maximum absolute atomic E-state index is 13.6. The maximum Gasteiger partial charge on any atom is 0.275 e. The second-order valence-corrected chi connectivity index (χ2v) is 3.86. The first-order valence-corrected chi connectivity index (χ1v) is 5.20. The maximum atomic E-state index is 13.6. The van der Waals surface area contributed by atoms with Gasteiger partial charge in [-0.25, -0.2) is 13.2 Å². The zero-order valence-corrected chi connectivity index (χ0v) is 9.56. The largest absolute Gasteiger partial charge is 0.491 e.